The average Bonchev–Trinajstić information content (AvgIpc) is 3.60. The summed E-state index contributed by atoms with van der Waals surface area (Å²) in [5.41, 5.74) is 21.1. The number of hydrogen-bond acceptors (Lipinski definition) is 5. The van der Waals surface area contributed by atoms with E-state index in [0.717, 1.165) is 71.4 Å². The molecule has 5 heterocycles. The third-order valence-corrected chi connectivity index (χ3v) is 6.48. The van der Waals surface area contributed by atoms with E-state index in [0.29, 0.717) is 36.2 Å². The van der Waals surface area contributed by atoms with Crippen LogP contribution >= 0.6 is 0 Å². The topological polar surface area (TPSA) is 116 Å². The molecule has 0 aromatic carbocycles. The molecule has 5 rings (SSSR count). The van der Waals surface area contributed by atoms with Crippen LogP contribution in [-0.2, 0) is 25.7 Å². The Morgan fingerprint density at radius 3 is 2.48 bits per heavy atom. The summed E-state index contributed by atoms with van der Waals surface area (Å²) in [6.45, 7) is 2.14. The number of nitrogen functional groups attached to an aromatic ring is 2. The smallest absolute Gasteiger partial charge is 0.231 e. The molecule has 0 amide bonds. The van der Waals surface area contributed by atoms with Crippen LogP contribution in [0.15, 0.2) is 36.4 Å². The lowest BCUT2D eigenvalue weighted by atomic mass is 10.2. The van der Waals surface area contributed by atoms with Gasteiger partial charge in [-0.3, -0.25) is 19.3 Å². The van der Waals surface area contributed by atoms with E-state index in [-0.39, 0.29) is 5.91 Å². The molecule has 0 unspecified atom stereocenters. The fourth-order valence-corrected chi connectivity index (χ4v) is 4.66. The van der Waals surface area contributed by atoms with E-state index < -0.39 is 0 Å². The number of aromatic nitrogens is 4. The molecule has 0 radical (unpaired) electrons. The van der Waals surface area contributed by atoms with Crippen LogP contribution in [0, 0.1) is 0 Å². The minimum Gasteiger partial charge on any atom is -0.396 e. The summed E-state index contributed by atoms with van der Waals surface area (Å²) in [6.07, 6.45) is 6.55. The van der Waals surface area contributed by atoms with Gasteiger partial charge in [-0.05, 0) is 68.5 Å². The Morgan fingerprint density at radius 1 is 0.939 bits per heavy atom. The molecule has 7 nitrogen and oxygen atoms in total. The molecule has 0 fully saturated rings. The minimum atomic E-state index is 0.0551. The quantitative estimate of drug-likeness (QED) is 0.505. The molecule has 0 saturated carbocycles. The van der Waals surface area contributed by atoms with E-state index in [4.69, 9.17) is 21.4 Å². The van der Waals surface area contributed by atoms with Gasteiger partial charge in [0.25, 0.3) is 0 Å². The Morgan fingerprint density at radius 2 is 1.70 bits per heavy atom. The molecule has 2 aliphatic rings. The van der Waals surface area contributed by atoms with Gasteiger partial charge in [0, 0.05) is 23.3 Å². The molecule has 8 bridgehead atoms. The van der Waals surface area contributed by atoms with Gasteiger partial charge >= 0.3 is 0 Å². The maximum atomic E-state index is 13.3. The predicted octanol–water partition coefficient (Wildman–Crippen LogP) is 4.74. The van der Waals surface area contributed by atoms with Gasteiger partial charge < -0.3 is 16.5 Å². The molecule has 2 aliphatic heterocycles. The lowest BCUT2D eigenvalue weighted by molar-refractivity contribution is 0.0909. The molecule has 0 saturated heterocycles. The summed E-state index contributed by atoms with van der Waals surface area (Å²) in [7, 11) is 0. The lowest BCUT2D eigenvalue weighted by Crippen LogP contribution is -2.11. The van der Waals surface area contributed by atoms with Crippen LogP contribution in [0.3, 0.4) is 0 Å². The molecule has 7 heteroatoms. The number of aromatic amines is 1. The zero-order valence-electron chi connectivity index (χ0n) is 19.0. The molecular formula is C26H30N6O. The fourth-order valence-electron chi connectivity index (χ4n) is 4.66. The Bertz CT molecular complexity index is 1380. The first-order chi connectivity index (χ1) is 16.0. The van der Waals surface area contributed by atoms with Crippen molar-refractivity contribution >= 4 is 39.3 Å². The number of nitrogens with two attached hydrogens (primary N) is 2. The van der Waals surface area contributed by atoms with E-state index in [2.05, 4.69) is 18.0 Å². The van der Waals surface area contributed by atoms with Crippen LogP contribution in [0.5, 0.6) is 0 Å². The van der Waals surface area contributed by atoms with Gasteiger partial charge in [-0.1, -0.05) is 19.8 Å². The van der Waals surface area contributed by atoms with Gasteiger partial charge in [-0.25, -0.2) is 0 Å². The number of nitrogens with one attached hydrogen (secondary N) is 1. The van der Waals surface area contributed by atoms with Gasteiger partial charge in [0.1, 0.15) is 0 Å². The molecule has 5 N–H and O–H groups in total. The van der Waals surface area contributed by atoms with E-state index in [1.54, 1.807) is 4.57 Å². The second-order valence-electron chi connectivity index (χ2n) is 8.87. The number of hydrogen-bond donors (Lipinski definition) is 3. The van der Waals surface area contributed by atoms with Gasteiger partial charge in [0.05, 0.1) is 39.3 Å². The molecule has 3 aromatic heterocycles. The number of H-pyrrole nitrogens is 1. The minimum absolute atomic E-state index is 0.0551. The summed E-state index contributed by atoms with van der Waals surface area (Å²) in [5, 5.41) is 0. The number of rotatable bonds is 4. The van der Waals surface area contributed by atoms with Gasteiger partial charge in [-0.2, -0.15) is 0 Å². The summed E-state index contributed by atoms with van der Waals surface area (Å²) in [6, 6.07) is 11.9. The van der Waals surface area contributed by atoms with E-state index in [1.165, 1.54) is 0 Å². The second-order valence-corrected chi connectivity index (χ2v) is 8.87. The first kappa shape index (κ1) is 21.2. The standard InChI is InChI=1S/C26H30N6O/c1-2-3-4-5-24(33)32-19-9-13-23(32)26(28)22-12-11-21(31-22)25(27)20-10-8-17(30-20)14-16-6-7-18(15-19)29-16/h8-10,13-15,30H,2-7,11-12,27-28H2,1H3. The molecule has 0 aliphatic carbocycles. The number of anilines is 2. The zero-order chi connectivity index (χ0) is 22.9. The highest BCUT2D eigenvalue weighted by Crippen LogP contribution is 2.27. The molecular weight excluding hydrogens is 412 g/mol. The average molecular weight is 443 g/mol. The van der Waals surface area contributed by atoms with Crippen LogP contribution in [0.4, 0.5) is 11.4 Å². The Kier molecular flexibility index (Phi) is 5.62. The monoisotopic (exact) mass is 442 g/mol. The molecule has 3 aromatic rings. The van der Waals surface area contributed by atoms with Crippen LogP contribution in [-0.4, -0.2) is 25.4 Å². The molecule has 0 spiro atoms. The van der Waals surface area contributed by atoms with Crippen molar-refractivity contribution in [3.63, 3.8) is 0 Å². The predicted molar refractivity (Wildman–Crippen MR) is 133 cm³/mol. The van der Waals surface area contributed by atoms with Crippen LogP contribution in [0.2, 0.25) is 0 Å². The van der Waals surface area contributed by atoms with Crippen molar-refractivity contribution in [2.75, 3.05) is 11.5 Å². The summed E-state index contributed by atoms with van der Waals surface area (Å²) in [4.78, 5) is 26.3. The number of carbonyl (C=O) groups excluding carboxylic acids is 1. The third kappa shape index (κ3) is 4.11. The maximum absolute atomic E-state index is 13.3. The normalized spacial score (nSPS) is 13.4. The highest BCUT2D eigenvalue weighted by atomic mass is 16.2. The van der Waals surface area contributed by atoms with Gasteiger partial charge in [0.2, 0.25) is 5.91 Å². The van der Waals surface area contributed by atoms with E-state index in [1.807, 2.05) is 30.3 Å². The first-order valence-electron chi connectivity index (χ1n) is 11.8. The van der Waals surface area contributed by atoms with Crippen molar-refractivity contribution in [3.05, 3.63) is 59.2 Å². The largest absolute Gasteiger partial charge is 0.396 e. The summed E-state index contributed by atoms with van der Waals surface area (Å²) < 4.78 is 1.75. The van der Waals surface area contributed by atoms with Gasteiger partial charge in [0.15, 0.2) is 0 Å². The van der Waals surface area contributed by atoms with E-state index in [9.17, 15) is 4.79 Å². The number of aryl methyl sites for hydroxylation is 4. The van der Waals surface area contributed by atoms with Crippen molar-refractivity contribution in [2.45, 2.75) is 58.3 Å². The van der Waals surface area contributed by atoms with Crippen molar-refractivity contribution < 1.29 is 4.79 Å². The summed E-state index contributed by atoms with van der Waals surface area (Å²) in [5.74, 6) is 0.0551. The van der Waals surface area contributed by atoms with Crippen LogP contribution < -0.4 is 11.5 Å². The van der Waals surface area contributed by atoms with Crippen LogP contribution in [0.1, 0.15) is 60.2 Å². The number of unbranched alkanes of at least 4 members (excludes halogenated alkanes) is 2. The number of nitrogens with zero attached hydrogens (tertiary/aromatic N) is 3. The molecule has 33 heavy (non-hydrogen) atoms. The lowest BCUT2D eigenvalue weighted by Gasteiger charge is -2.07. The Labute approximate surface area is 192 Å². The first-order valence-corrected chi connectivity index (χ1v) is 11.8. The van der Waals surface area contributed by atoms with Crippen LogP contribution in [0.25, 0.3) is 22.1 Å². The SMILES string of the molecule is CCCCCC(=O)n1c2ccc1c(N)c1nc(c(N)c3ccc(cc4nc(c2)CC4)[nH]3)CC1. The Hall–Kier alpha value is -3.61. The van der Waals surface area contributed by atoms with Crippen molar-refractivity contribution in [3.8, 4) is 0 Å². The van der Waals surface area contributed by atoms with Gasteiger partial charge in [-0.15, -0.1) is 0 Å². The number of carbonyl (C=O) groups is 1. The van der Waals surface area contributed by atoms with E-state index >= 15 is 0 Å². The Balaban J connectivity index is 1.80. The molecule has 0 atom stereocenters. The fraction of sp³-hybridized carbons (Fsp3) is 0.346. The zero-order valence-corrected chi connectivity index (χ0v) is 19.0. The van der Waals surface area contributed by atoms with Crippen molar-refractivity contribution in [1.29, 1.82) is 0 Å². The van der Waals surface area contributed by atoms with Crippen molar-refractivity contribution in [1.82, 2.24) is 19.5 Å². The highest BCUT2D eigenvalue weighted by Gasteiger charge is 2.17. The highest BCUT2D eigenvalue weighted by molar-refractivity contribution is 5.94. The third-order valence-electron chi connectivity index (χ3n) is 6.48. The second kappa shape index (κ2) is 8.73. The number of fused-ring (bicyclic) bond motifs is 8. The van der Waals surface area contributed by atoms with Crippen molar-refractivity contribution in [2.24, 2.45) is 0 Å². The summed E-state index contributed by atoms with van der Waals surface area (Å²) >= 11 is 0. The molecule has 170 valence electrons. The maximum Gasteiger partial charge on any atom is 0.231 e.